The molecule has 0 radical (unpaired) electrons. The smallest absolute Gasteiger partial charge is 0.241 e. The summed E-state index contributed by atoms with van der Waals surface area (Å²) in [5, 5.41) is 6.29. The van der Waals surface area contributed by atoms with Gasteiger partial charge in [-0.05, 0) is 37.6 Å². The van der Waals surface area contributed by atoms with Crippen LogP contribution in [0.4, 0.5) is 5.69 Å². The lowest BCUT2D eigenvalue weighted by Crippen LogP contribution is -2.51. The molecule has 1 amide bonds. The van der Waals surface area contributed by atoms with Crippen LogP contribution in [0.15, 0.2) is 18.2 Å². The van der Waals surface area contributed by atoms with Crippen molar-refractivity contribution in [3.05, 3.63) is 23.8 Å². The Morgan fingerprint density at radius 1 is 1.40 bits per heavy atom. The van der Waals surface area contributed by atoms with Crippen molar-refractivity contribution in [3.8, 4) is 5.75 Å². The molecule has 5 heteroatoms. The molecule has 1 unspecified atom stereocenters. The van der Waals surface area contributed by atoms with E-state index < -0.39 is 0 Å². The summed E-state index contributed by atoms with van der Waals surface area (Å²) < 4.78 is 5.17. The van der Waals surface area contributed by atoms with E-state index in [1.807, 2.05) is 32.0 Å². The SMILES string of the molecule is COc1ccc(NC(=O)C(C)N2CCNCC2)c(C)c1. The van der Waals surface area contributed by atoms with Gasteiger partial charge in [0.15, 0.2) is 0 Å². The van der Waals surface area contributed by atoms with Crippen molar-refractivity contribution in [1.29, 1.82) is 0 Å². The normalized spacial score (nSPS) is 17.6. The number of rotatable bonds is 4. The van der Waals surface area contributed by atoms with Crippen molar-refractivity contribution in [2.45, 2.75) is 19.9 Å². The second-order valence-electron chi connectivity index (χ2n) is 5.13. The number of nitrogens with one attached hydrogen (secondary N) is 2. The van der Waals surface area contributed by atoms with Gasteiger partial charge in [0.1, 0.15) is 5.75 Å². The number of benzene rings is 1. The number of carbonyl (C=O) groups is 1. The van der Waals surface area contributed by atoms with Gasteiger partial charge in [-0.3, -0.25) is 9.69 Å². The summed E-state index contributed by atoms with van der Waals surface area (Å²) >= 11 is 0. The summed E-state index contributed by atoms with van der Waals surface area (Å²) in [7, 11) is 1.64. The lowest BCUT2D eigenvalue weighted by atomic mass is 10.1. The number of ether oxygens (including phenoxy) is 1. The monoisotopic (exact) mass is 277 g/mol. The fraction of sp³-hybridized carbons (Fsp3) is 0.533. The number of aryl methyl sites for hydroxylation is 1. The summed E-state index contributed by atoms with van der Waals surface area (Å²) in [6.45, 7) is 7.64. The molecule has 1 aliphatic heterocycles. The third-order valence-electron chi connectivity index (χ3n) is 3.77. The van der Waals surface area contributed by atoms with Gasteiger partial charge in [0.2, 0.25) is 5.91 Å². The molecule has 1 atom stereocenters. The van der Waals surface area contributed by atoms with Crippen LogP contribution in [0, 0.1) is 6.92 Å². The van der Waals surface area contributed by atoms with Crippen molar-refractivity contribution in [1.82, 2.24) is 10.2 Å². The molecular formula is C15H23N3O2. The van der Waals surface area contributed by atoms with E-state index in [9.17, 15) is 4.79 Å². The molecule has 1 aromatic carbocycles. The van der Waals surface area contributed by atoms with Crippen LogP contribution in [0.1, 0.15) is 12.5 Å². The maximum Gasteiger partial charge on any atom is 0.241 e. The number of anilines is 1. The Labute approximate surface area is 120 Å². The predicted octanol–water partition coefficient (Wildman–Crippen LogP) is 1.24. The maximum absolute atomic E-state index is 12.3. The molecule has 1 saturated heterocycles. The van der Waals surface area contributed by atoms with Crippen LogP contribution < -0.4 is 15.4 Å². The molecule has 20 heavy (non-hydrogen) atoms. The zero-order chi connectivity index (χ0) is 14.5. The van der Waals surface area contributed by atoms with Crippen molar-refractivity contribution < 1.29 is 9.53 Å². The lowest BCUT2D eigenvalue weighted by Gasteiger charge is -2.31. The van der Waals surface area contributed by atoms with E-state index in [0.29, 0.717) is 0 Å². The molecule has 1 heterocycles. The fourth-order valence-electron chi connectivity index (χ4n) is 2.38. The highest BCUT2D eigenvalue weighted by Gasteiger charge is 2.22. The molecule has 0 bridgehead atoms. The molecule has 110 valence electrons. The van der Waals surface area contributed by atoms with Gasteiger partial charge >= 0.3 is 0 Å². The quantitative estimate of drug-likeness (QED) is 0.869. The van der Waals surface area contributed by atoms with Crippen molar-refractivity contribution in [3.63, 3.8) is 0 Å². The molecule has 5 nitrogen and oxygen atoms in total. The Morgan fingerprint density at radius 3 is 2.70 bits per heavy atom. The van der Waals surface area contributed by atoms with E-state index in [1.165, 1.54) is 0 Å². The molecule has 0 aliphatic carbocycles. The predicted molar refractivity (Wildman–Crippen MR) is 80.3 cm³/mol. The molecular weight excluding hydrogens is 254 g/mol. The molecule has 1 aromatic rings. The van der Waals surface area contributed by atoms with Crippen LogP contribution in [-0.4, -0.2) is 50.1 Å². The number of hydrogen-bond acceptors (Lipinski definition) is 4. The maximum atomic E-state index is 12.3. The Morgan fingerprint density at radius 2 is 2.10 bits per heavy atom. The summed E-state index contributed by atoms with van der Waals surface area (Å²) in [5.74, 6) is 0.843. The third-order valence-corrected chi connectivity index (χ3v) is 3.77. The van der Waals surface area contributed by atoms with E-state index in [2.05, 4.69) is 15.5 Å². The number of amides is 1. The van der Waals surface area contributed by atoms with Gasteiger partial charge in [-0.2, -0.15) is 0 Å². The first kappa shape index (κ1) is 14.8. The van der Waals surface area contributed by atoms with Gasteiger partial charge in [-0.1, -0.05) is 0 Å². The minimum Gasteiger partial charge on any atom is -0.497 e. The van der Waals surface area contributed by atoms with E-state index in [1.54, 1.807) is 7.11 Å². The summed E-state index contributed by atoms with van der Waals surface area (Å²) in [6.07, 6.45) is 0. The standard InChI is InChI=1S/C15H23N3O2/c1-11-10-13(20-3)4-5-14(11)17-15(19)12(2)18-8-6-16-7-9-18/h4-5,10,12,16H,6-9H2,1-3H3,(H,17,19). The Hall–Kier alpha value is -1.59. The van der Waals surface area contributed by atoms with Crippen molar-refractivity contribution in [2.75, 3.05) is 38.6 Å². The van der Waals surface area contributed by atoms with Crippen molar-refractivity contribution in [2.24, 2.45) is 0 Å². The van der Waals surface area contributed by atoms with Crippen LogP contribution in [0.2, 0.25) is 0 Å². The van der Waals surface area contributed by atoms with Crippen molar-refractivity contribution >= 4 is 11.6 Å². The van der Waals surface area contributed by atoms with Crippen LogP contribution in [-0.2, 0) is 4.79 Å². The average molecular weight is 277 g/mol. The van der Waals surface area contributed by atoms with E-state index in [0.717, 1.165) is 43.2 Å². The number of nitrogens with zero attached hydrogens (tertiary/aromatic N) is 1. The summed E-state index contributed by atoms with van der Waals surface area (Å²) in [4.78, 5) is 14.5. The molecule has 1 fully saturated rings. The Balaban J connectivity index is 1.99. The van der Waals surface area contributed by atoms with Crippen LogP contribution >= 0.6 is 0 Å². The van der Waals surface area contributed by atoms with E-state index in [4.69, 9.17) is 4.74 Å². The zero-order valence-electron chi connectivity index (χ0n) is 12.4. The van der Waals surface area contributed by atoms with Gasteiger partial charge in [-0.25, -0.2) is 0 Å². The highest BCUT2D eigenvalue weighted by atomic mass is 16.5. The zero-order valence-corrected chi connectivity index (χ0v) is 12.4. The highest BCUT2D eigenvalue weighted by molar-refractivity contribution is 5.95. The Kier molecular flexibility index (Phi) is 4.98. The second-order valence-corrected chi connectivity index (χ2v) is 5.13. The molecule has 0 saturated carbocycles. The van der Waals surface area contributed by atoms with Gasteiger partial charge in [0.05, 0.1) is 13.2 Å². The molecule has 2 rings (SSSR count). The highest BCUT2D eigenvalue weighted by Crippen LogP contribution is 2.21. The number of hydrogen-bond donors (Lipinski definition) is 2. The fourth-order valence-corrected chi connectivity index (χ4v) is 2.38. The van der Waals surface area contributed by atoms with Gasteiger partial charge in [-0.15, -0.1) is 0 Å². The lowest BCUT2D eigenvalue weighted by molar-refractivity contribution is -0.120. The summed E-state index contributed by atoms with van der Waals surface area (Å²) in [6, 6.07) is 5.55. The topological polar surface area (TPSA) is 53.6 Å². The number of methoxy groups -OCH3 is 1. The number of piperazine rings is 1. The molecule has 0 aromatic heterocycles. The molecule has 2 N–H and O–H groups in total. The molecule has 1 aliphatic rings. The largest absolute Gasteiger partial charge is 0.497 e. The first-order valence-corrected chi connectivity index (χ1v) is 7.02. The molecule has 0 spiro atoms. The minimum absolute atomic E-state index is 0.0418. The average Bonchev–Trinajstić information content (AvgIpc) is 2.49. The van der Waals surface area contributed by atoms with E-state index in [-0.39, 0.29) is 11.9 Å². The van der Waals surface area contributed by atoms with E-state index >= 15 is 0 Å². The van der Waals surface area contributed by atoms with Crippen LogP contribution in [0.5, 0.6) is 5.75 Å². The minimum atomic E-state index is -0.112. The Bertz CT molecular complexity index is 470. The first-order valence-electron chi connectivity index (χ1n) is 7.02. The van der Waals surface area contributed by atoms with Gasteiger partial charge in [0, 0.05) is 31.9 Å². The first-order chi connectivity index (χ1) is 9.61. The van der Waals surface area contributed by atoms with Crippen LogP contribution in [0.3, 0.4) is 0 Å². The number of carbonyl (C=O) groups excluding carboxylic acids is 1. The van der Waals surface area contributed by atoms with Gasteiger partial charge in [0.25, 0.3) is 0 Å². The second kappa shape index (κ2) is 6.72. The third kappa shape index (κ3) is 3.49. The summed E-state index contributed by atoms with van der Waals surface area (Å²) in [5.41, 5.74) is 1.85. The van der Waals surface area contributed by atoms with Gasteiger partial charge < -0.3 is 15.4 Å². The van der Waals surface area contributed by atoms with Crippen LogP contribution in [0.25, 0.3) is 0 Å².